The number of anilines is 1. The molecule has 2 aromatic rings. The number of carbonyl (C=O) groups is 1. The van der Waals surface area contributed by atoms with Crippen molar-refractivity contribution in [3.8, 4) is 0 Å². The molecule has 4 nitrogen and oxygen atoms in total. The summed E-state index contributed by atoms with van der Waals surface area (Å²) in [5.41, 5.74) is 7.17. The molecule has 0 radical (unpaired) electrons. The molecule has 0 spiro atoms. The van der Waals surface area contributed by atoms with E-state index in [2.05, 4.69) is 10.3 Å². The number of rotatable bonds is 4. The van der Waals surface area contributed by atoms with Crippen LogP contribution < -0.4 is 11.1 Å². The van der Waals surface area contributed by atoms with Crippen LogP contribution in [0, 0.1) is 0 Å². The van der Waals surface area contributed by atoms with Crippen LogP contribution in [-0.4, -0.2) is 17.4 Å². The van der Waals surface area contributed by atoms with Crippen LogP contribution in [-0.2, 0) is 0 Å². The third-order valence-electron chi connectivity index (χ3n) is 2.49. The molecule has 0 saturated heterocycles. The molecule has 0 saturated carbocycles. The van der Waals surface area contributed by atoms with Crippen LogP contribution in [0.4, 0.5) is 5.69 Å². The highest BCUT2D eigenvalue weighted by molar-refractivity contribution is 7.99. The fourth-order valence-electron chi connectivity index (χ4n) is 1.58. The van der Waals surface area contributed by atoms with Gasteiger partial charge in [-0.15, -0.1) is 0 Å². The van der Waals surface area contributed by atoms with Gasteiger partial charge < -0.3 is 11.1 Å². The summed E-state index contributed by atoms with van der Waals surface area (Å²) in [6.45, 7) is 2.49. The van der Waals surface area contributed by atoms with Crippen molar-refractivity contribution >= 4 is 23.4 Å². The molecule has 0 aliphatic rings. The summed E-state index contributed by atoms with van der Waals surface area (Å²) in [5, 5.41) is 2.75. The lowest BCUT2D eigenvalue weighted by atomic mass is 10.2. The van der Waals surface area contributed by atoms with Gasteiger partial charge in [0.2, 0.25) is 0 Å². The Morgan fingerprint density at radius 3 is 2.68 bits per heavy atom. The van der Waals surface area contributed by atoms with Gasteiger partial charge in [-0.25, -0.2) is 0 Å². The molecule has 1 aromatic carbocycles. The summed E-state index contributed by atoms with van der Waals surface area (Å²) in [6.07, 6.45) is 3.48. The van der Waals surface area contributed by atoms with E-state index in [1.165, 1.54) is 0 Å². The van der Waals surface area contributed by atoms with Gasteiger partial charge >= 0.3 is 0 Å². The van der Waals surface area contributed by atoms with Crippen LogP contribution in [0.1, 0.15) is 17.3 Å². The van der Waals surface area contributed by atoms with Crippen molar-refractivity contribution in [3.05, 3.63) is 48.3 Å². The Morgan fingerprint density at radius 2 is 2.05 bits per heavy atom. The molecule has 19 heavy (non-hydrogen) atoms. The maximum absolute atomic E-state index is 11.7. The second-order valence-electron chi connectivity index (χ2n) is 3.90. The number of benzene rings is 1. The second-order valence-corrected chi connectivity index (χ2v) is 5.01. The van der Waals surface area contributed by atoms with Crippen LogP contribution >= 0.6 is 11.8 Å². The number of amides is 1. The molecular weight excluding hydrogens is 258 g/mol. The van der Waals surface area contributed by atoms with Crippen LogP contribution in [0.15, 0.2) is 52.5 Å². The predicted octanol–water partition coefficient (Wildman–Crippen LogP) is 2.56. The van der Waals surface area contributed by atoms with Gasteiger partial charge in [0, 0.05) is 40.0 Å². The monoisotopic (exact) mass is 273 g/mol. The molecule has 5 heteroatoms. The van der Waals surface area contributed by atoms with E-state index in [0.717, 1.165) is 9.79 Å². The molecule has 0 unspecified atom stereocenters. The Kier molecular flexibility index (Phi) is 4.41. The van der Waals surface area contributed by atoms with Crippen molar-refractivity contribution in [2.24, 2.45) is 0 Å². The first-order chi connectivity index (χ1) is 9.20. The van der Waals surface area contributed by atoms with Gasteiger partial charge in [-0.1, -0.05) is 11.8 Å². The van der Waals surface area contributed by atoms with Crippen LogP contribution in [0.5, 0.6) is 0 Å². The number of carbonyl (C=O) groups excluding carboxylic acids is 1. The Bertz CT molecular complexity index is 572. The molecule has 0 aliphatic carbocycles. The molecule has 1 amide bonds. The molecule has 1 heterocycles. The molecule has 0 atom stereocenters. The van der Waals surface area contributed by atoms with E-state index in [1.807, 2.05) is 25.1 Å². The van der Waals surface area contributed by atoms with E-state index in [-0.39, 0.29) is 5.91 Å². The summed E-state index contributed by atoms with van der Waals surface area (Å²) in [6, 6.07) is 9.19. The zero-order valence-corrected chi connectivity index (χ0v) is 11.4. The first-order valence-electron chi connectivity index (χ1n) is 5.96. The third-order valence-corrected chi connectivity index (χ3v) is 3.59. The van der Waals surface area contributed by atoms with Crippen molar-refractivity contribution in [1.82, 2.24) is 10.3 Å². The van der Waals surface area contributed by atoms with Gasteiger partial charge in [0.15, 0.2) is 0 Å². The maximum atomic E-state index is 11.7. The van der Waals surface area contributed by atoms with E-state index in [4.69, 9.17) is 5.73 Å². The van der Waals surface area contributed by atoms with Crippen molar-refractivity contribution in [2.45, 2.75) is 16.7 Å². The topological polar surface area (TPSA) is 68.0 Å². The maximum Gasteiger partial charge on any atom is 0.251 e. The molecular formula is C14H15N3OS. The normalized spacial score (nSPS) is 10.2. The average Bonchev–Trinajstić information content (AvgIpc) is 2.42. The number of nitrogens with two attached hydrogens (primary N) is 1. The van der Waals surface area contributed by atoms with Crippen LogP contribution in [0.25, 0.3) is 0 Å². The summed E-state index contributed by atoms with van der Waals surface area (Å²) < 4.78 is 0. The predicted molar refractivity (Wildman–Crippen MR) is 77.2 cm³/mol. The average molecular weight is 273 g/mol. The Labute approximate surface area is 116 Å². The van der Waals surface area contributed by atoms with Crippen molar-refractivity contribution in [1.29, 1.82) is 0 Å². The molecule has 0 fully saturated rings. The van der Waals surface area contributed by atoms with Gasteiger partial charge in [0.25, 0.3) is 5.91 Å². The fourth-order valence-corrected chi connectivity index (χ4v) is 2.40. The zero-order chi connectivity index (χ0) is 13.7. The molecule has 2 rings (SSSR count). The first kappa shape index (κ1) is 13.4. The molecule has 98 valence electrons. The highest BCUT2D eigenvalue weighted by Gasteiger charge is 2.08. The molecule has 1 aromatic heterocycles. The Morgan fingerprint density at radius 1 is 1.32 bits per heavy atom. The molecule has 0 aliphatic heterocycles. The fraction of sp³-hybridized carbons (Fsp3) is 0.143. The van der Waals surface area contributed by atoms with Gasteiger partial charge in [0.05, 0.1) is 0 Å². The smallest absolute Gasteiger partial charge is 0.251 e. The number of aromatic nitrogens is 1. The van der Waals surface area contributed by atoms with Gasteiger partial charge in [-0.2, -0.15) is 0 Å². The molecule has 3 N–H and O–H groups in total. The van der Waals surface area contributed by atoms with E-state index in [1.54, 1.807) is 36.3 Å². The van der Waals surface area contributed by atoms with Gasteiger partial charge in [-0.05, 0) is 37.3 Å². The van der Waals surface area contributed by atoms with E-state index in [9.17, 15) is 4.79 Å². The zero-order valence-electron chi connectivity index (χ0n) is 10.6. The summed E-state index contributed by atoms with van der Waals surface area (Å²) in [5.74, 6) is -0.102. The van der Waals surface area contributed by atoms with Crippen molar-refractivity contribution in [3.63, 3.8) is 0 Å². The minimum absolute atomic E-state index is 0.102. The van der Waals surface area contributed by atoms with Crippen LogP contribution in [0.2, 0.25) is 0 Å². The van der Waals surface area contributed by atoms with Crippen molar-refractivity contribution < 1.29 is 4.79 Å². The highest BCUT2D eigenvalue weighted by atomic mass is 32.2. The number of nitrogens with zero attached hydrogens (tertiary/aromatic N) is 1. The largest absolute Gasteiger partial charge is 0.398 e. The van der Waals surface area contributed by atoms with E-state index >= 15 is 0 Å². The van der Waals surface area contributed by atoms with E-state index < -0.39 is 0 Å². The second kappa shape index (κ2) is 6.24. The Balaban J connectivity index is 2.18. The van der Waals surface area contributed by atoms with Gasteiger partial charge in [-0.3, -0.25) is 9.78 Å². The lowest BCUT2D eigenvalue weighted by molar-refractivity contribution is 0.0956. The third kappa shape index (κ3) is 3.48. The quantitative estimate of drug-likeness (QED) is 0.840. The lowest BCUT2D eigenvalue weighted by Crippen LogP contribution is -2.22. The summed E-state index contributed by atoms with van der Waals surface area (Å²) >= 11 is 1.55. The summed E-state index contributed by atoms with van der Waals surface area (Å²) in [4.78, 5) is 17.6. The number of hydrogen-bond donors (Lipinski definition) is 2. The number of pyridine rings is 1. The number of hydrogen-bond acceptors (Lipinski definition) is 4. The van der Waals surface area contributed by atoms with E-state index in [0.29, 0.717) is 17.8 Å². The Hall–Kier alpha value is -2.01. The van der Waals surface area contributed by atoms with Gasteiger partial charge in [0.1, 0.15) is 0 Å². The minimum Gasteiger partial charge on any atom is -0.398 e. The standard InChI is InChI=1S/C14H15N3OS/c1-2-17-14(18)10-3-4-13(12(15)9-10)19-11-5-7-16-8-6-11/h3-9H,2,15H2,1H3,(H,17,18). The first-order valence-corrected chi connectivity index (χ1v) is 6.78. The highest BCUT2D eigenvalue weighted by Crippen LogP contribution is 2.32. The number of nitrogens with one attached hydrogen (secondary N) is 1. The van der Waals surface area contributed by atoms with Crippen LogP contribution in [0.3, 0.4) is 0 Å². The van der Waals surface area contributed by atoms with Crippen molar-refractivity contribution in [2.75, 3.05) is 12.3 Å². The minimum atomic E-state index is -0.102. The molecule has 0 bridgehead atoms. The summed E-state index contributed by atoms with van der Waals surface area (Å²) in [7, 11) is 0. The number of nitrogen functional groups attached to an aromatic ring is 1. The lowest BCUT2D eigenvalue weighted by Gasteiger charge is -2.08. The SMILES string of the molecule is CCNC(=O)c1ccc(Sc2ccncc2)c(N)c1.